The molecule has 0 bridgehead atoms. The maximum Gasteiger partial charge on any atom is 0.255 e. The predicted molar refractivity (Wildman–Crippen MR) is 83.9 cm³/mol. The monoisotopic (exact) mass is 336 g/mol. The maximum absolute atomic E-state index is 12.8. The SMILES string of the molecule is CN1CCC[C@@H]1[C@@H]1CCCN1C(=O)c1ccccc1Br. The minimum atomic E-state index is 0.181. The Balaban J connectivity index is 1.82. The quantitative estimate of drug-likeness (QED) is 0.828. The van der Waals surface area contributed by atoms with Crippen molar-refractivity contribution in [2.75, 3.05) is 20.1 Å². The smallest absolute Gasteiger partial charge is 0.255 e. The molecule has 2 heterocycles. The number of rotatable bonds is 2. The van der Waals surface area contributed by atoms with E-state index in [0.717, 1.165) is 36.0 Å². The molecule has 0 saturated carbocycles. The van der Waals surface area contributed by atoms with Crippen molar-refractivity contribution < 1.29 is 4.79 Å². The Bertz CT molecular complexity index is 505. The van der Waals surface area contributed by atoms with E-state index >= 15 is 0 Å². The van der Waals surface area contributed by atoms with Crippen LogP contribution in [0.1, 0.15) is 36.0 Å². The number of nitrogens with zero attached hydrogens (tertiary/aromatic N) is 2. The molecule has 0 aliphatic carbocycles. The lowest BCUT2D eigenvalue weighted by atomic mass is 10.0. The topological polar surface area (TPSA) is 23.6 Å². The summed E-state index contributed by atoms with van der Waals surface area (Å²) in [6.07, 6.45) is 4.76. The lowest BCUT2D eigenvalue weighted by molar-refractivity contribution is 0.0663. The van der Waals surface area contributed by atoms with Crippen LogP contribution < -0.4 is 0 Å². The fraction of sp³-hybridized carbons (Fsp3) is 0.562. The van der Waals surface area contributed by atoms with E-state index in [9.17, 15) is 4.79 Å². The Hall–Kier alpha value is -0.870. The number of halogens is 1. The van der Waals surface area contributed by atoms with Crippen molar-refractivity contribution in [2.45, 2.75) is 37.8 Å². The molecule has 2 aliphatic heterocycles. The first kappa shape index (κ1) is 14.1. The zero-order chi connectivity index (χ0) is 14.1. The fourth-order valence-electron chi connectivity index (χ4n) is 3.66. The van der Waals surface area contributed by atoms with Gasteiger partial charge in [0.25, 0.3) is 5.91 Å². The first-order chi connectivity index (χ1) is 9.68. The number of likely N-dealkylation sites (N-methyl/N-ethyl adjacent to an activating group) is 1. The minimum Gasteiger partial charge on any atom is -0.334 e. The highest BCUT2D eigenvalue weighted by atomic mass is 79.9. The largest absolute Gasteiger partial charge is 0.334 e. The van der Waals surface area contributed by atoms with E-state index in [0.29, 0.717) is 12.1 Å². The summed E-state index contributed by atoms with van der Waals surface area (Å²) in [5, 5.41) is 0. The molecule has 2 saturated heterocycles. The zero-order valence-electron chi connectivity index (χ0n) is 11.9. The molecule has 4 heteroatoms. The van der Waals surface area contributed by atoms with Gasteiger partial charge >= 0.3 is 0 Å². The van der Waals surface area contributed by atoms with E-state index in [1.165, 1.54) is 12.8 Å². The summed E-state index contributed by atoms with van der Waals surface area (Å²) in [7, 11) is 2.19. The summed E-state index contributed by atoms with van der Waals surface area (Å²) in [5.41, 5.74) is 0.792. The van der Waals surface area contributed by atoms with Crippen LogP contribution in [0.15, 0.2) is 28.7 Å². The molecule has 108 valence electrons. The van der Waals surface area contributed by atoms with E-state index in [-0.39, 0.29) is 5.91 Å². The van der Waals surface area contributed by atoms with Gasteiger partial charge in [0.05, 0.1) is 5.56 Å². The first-order valence-corrected chi connectivity index (χ1v) is 8.23. The number of amides is 1. The van der Waals surface area contributed by atoms with Gasteiger partial charge in [-0.05, 0) is 67.3 Å². The van der Waals surface area contributed by atoms with Gasteiger partial charge in [-0.25, -0.2) is 0 Å². The third-order valence-electron chi connectivity index (χ3n) is 4.69. The average Bonchev–Trinajstić information content (AvgIpc) is 3.06. The molecule has 0 N–H and O–H groups in total. The van der Waals surface area contributed by atoms with Crippen LogP contribution in [0.5, 0.6) is 0 Å². The number of likely N-dealkylation sites (tertiary alicyclic amines) is 2. The van der Waals surface area contributed by atoms with E-state index in [4.69, 9.17) is 0 Å². The molecule has 0 spiro atoms. The fourth-order valence-corrected chi connectivity index (χ4v) is 4.11. The van der Waals surface area contributed by atoms with Crippen molar-refractivity contribution in [3.8, 4) is 0 Å². The molecule has 1 aromatic carbocycles. The molecule has 2 aliphatic rings. The van der Waals surface area contributed by atoms with Crippen molar-refractivity contribution >= 4 is 21.8 Å². The van der Waals surface area contributed by atoms with Crippen LogP contribution in [0.25, 0.3) is 0 Å². The third-order valence-corrected chi connectivity index (χ3v) is 5.38. The Morgan fingerprint density at radius 3 is 2.55 bits per heavy atom. The molecular formula is C16H21BrN2O. The highest BCUT2D eigenvalue weighted by molar-refractivity contribution is 9.10. The van der Waals surface area contributed by atoms with E-state index in [1.54, 1.807) is 0 Å². The van der Waals surface area contributed by atoms with Crippen LogP contribution in [-0.4, -0.2) is 47.9 Å². The lowest BCUT2D eigenvalue weighted by Crippen LogP contribution is -2.47. The van der Waals surface area contributed by atoms with Crippen molar-refractivity contribution in [1.82, 2.24) is 9.80 Å². The van der Waals surface area contributed by atoms with Gasteiger partial charge in [-0.2, -0.15) is 0 Å². The van der Waals surface area contributed by atoms with Gasteiger partial charge in [-0.15, -0.1) is 0 Å². The number of carbonyl (C=O) groups excluding carboxylic acids is 1. The maximum atomic E-state index is 12.8. The number of hydrogen-bond donors (Lipinski definition) is 0. The predicted octanol–water partition coefficient (Wildman–Crippen LogP) is 3.15. The van der Waals surface area contributed by atoms with Gasteiger partial charge < -0.3 is 9.80 Å². The molecule has 1 amide bonds. The van der Waals surface area contributed by atoms with Crippen molar-refractivity contribution in [3.63, 3.8) is 0 Å². The summed E-state index contributed by atoms with van der Waals surface area (Å²) in [5.74, 6) is 0.181. The third kappa shape index (κ3) is 2.51. The van der Waals surface area contributed by atoms with Crippen LogP contribution in [0, 0.1) is 0 Å². The Morgan fingerprint density at radius 1 is 1.15 bits per heavy atom. The van der Waals surface area contributed by atoms with Crippen LogP contribution >= 0.6 is 15.9 Å². The molecule has 3 rings (SSSR count). The van der Waals surface area contributed by atoms with Crippen molar-refractivity contribution in [3.05, 3.63) is 34.3 Å². The van der Waals surface area contributed by atoms with E-state index in [2.05, 4.69) is 32.8 Å². The van der Waals surface area contributed by atoms with Crippen LogP contribution in [0.4, 0.5) is 0 Å². The normalized spacial score (nSPS) is 27.2. The van der Waals surface area contributed by atoms with Gasteiger partial charge in [0.2, 0.25) is 0 Å². The van der Waals surface area contributed by atoms with Crippen LogP contribution in [-0.2, 0) is 0 Å². The van der Waals surface area contributed by atoms with Gasteiger partial charge in [0.15, 0.2) is 0 Å². The molecule has 0 unspecified atom stereocenters. The number of benzene rings is 1. The number of carbonyl (C=O) groups is 1. The molecule has 0 radical (unpaired) electrons. The van der Waals surface area contributed by atoms with Crippen molar-refractivity contribution in [1.29, 1.82) is 0 Å². The van der Waals surface area contributed by atoms with E-state index in [1.807, 2.05) is 24.3 Å². The standard InChI is InChI=1S/C16H21BrN2O/c1-18-10-4-8-14(18)15-9-5-11-19(15)16(20)12-6-2-3-7-13(12)17/h2-3,6-7,14-15H,4-5,8-11H2,1H3/t14-,15+/m1/s1. The van der Waals surface area contributed by atoms with Crippen LogP contribution in [0.3, 0.4) is 0 Å². The summed E-state index contributed by atoms with van der Waals surface area (Å²) in [4.78, 5) is 17.3. The van der Waals surface area contributed by atoms with Gasteiger partial charge in [-0.3, -0.25) is 4.79 Å². The lowest BCUT2D eigenvalue weighted by Gasteiger charge is -2.33. The molecule has 1 aromatic rings. The second-order valence-electron chi connectivity index (χ2n) is 5.88. The van der Waals surface area contributed by atoms with Gasteiger partial charge in [0, 0.05) is 23.1 Å². The summed E-state index contributed by atoms with van der Waals surface area (Å²) in [6, 6.07) is 8.68. The Morgan fingerprint density at radius 2 is 1.85 bits per heavy atom. The summed E-state index contributed by atoms with van der Waals surface area (Å²) < 4.78 is 0.899. The van der Waals surface area contributed by atoms with E-state index < -0.39 is 0 Å². The highest BCUT2D eigenvalue weighted by Gasteiger charge is 2.38. The van der Waals surface area contributed by atoms with Gasteiger partial charge in [-0.1, -0.05) is 12.1 Å². The van der Waals surface area contributed by atoms with Crippen LogP contribution in [0.2, 0.25) is 0 Å². The highest BCUT2D eigenvalue weighted by Crippen LogP contribution is 2.31. The molecule has 3 nitrogen and oxygen atoms in total. The minimum absolute atomic E-state index is 0.181. The second kappa shape index (κ2) is 5.86. The molecule has 0 aromatic heterocycles. The molecule has 20 heavy (non-hydrogen) atoms. The average molecular weight is 337 g/mol. The summed E-state index contributed by atoms with van der Waals surface area (Å²) in [6.45, 7) is 2.06. The first-order valence-electron chi connectivity index (χ1n) is 7.44. The molecule has 2 atom stereocenters. The van der Waals surface area contributed by atoms with Crippen molar-refractivity contribution in [2.24, 2.45) is 0 Å². The number of hydrogen-bond acceptors (Lipinski definition) is 2. The zero-order valence-corrected chi connectivity index (χ0v) is 13.5. The Kier molecular flexibility index (Phi) is 4.13. The van der Waals surface area contributed by atoms with Gasteiger partial charge in [0.1, 0.15) is 0 Å². The summed E-state index contributed by atoms with van der Waals surface area (Å²) >= 11 is 3.50. The second-order valence-corrected chi connectivity index (χ2v) is 6.73. The Labute approximate surface area is 129 Å². The molecule has 2 fully saturated rings. The molecular weight excluding hydrogens is 316 g/mol.